The van der Waals surface area contributed by atoms with Gasteiger partial charge in [-0.1, -0.05) is 12.5 Å². The third kappa shape index (κ3) is 6.22. The molecule has 5 N–H and O–H groups in total. The molecule has 1 aromatic carbocycles. The Kier molecular flexibility index (Phi) is 8.29. The molecule has 2 rings (SSSR count). The number of carbonyl (C=O) groups excluding carboxylic acids is 2. The van der Waals surface area contributed by atoms with Gasteiger partial charge in [0.2, 0.25) is 5.91 Å². The van der Waals surface area contributed by atoms with E-state index in [-0.39, 0.29) is 36.3 Å². The smallest absolute Gasteiger partial charge is 0.319 e. The summed E-state index contributed by atoms with van der Waals surface area (Å²) < 4.78 is 0. The molecular weight excluding hydrogens is 328 g/mol. The summed E-state index contributed by atoms with van der Waals surface area (Å²) in [6.45, 7) is 3.94. The van der Waals surface area contributed by atoms with E-state index in [1.54, 1.807) is 30.3 Å². The summed E-state index contributed by atoms with van der Waals surface area (Å²) in [5.74, 6) is 0.265. The van der Waals surface area contributed by atoms with Crippen LogP contribution in [0.1, 0.15) is 25.7 Å². The number of anilines is 2. The Hall–Kier alpha value is -2.05. The van der Waals surface area contributed by atoms with E-state index in [4.69, 9.17) is 5.73 Å². The molecule has 0 unspecified atom stereocenters. The Balaban J connectivity index is 0.00000288. The lowest BCUT2D eigenvalue weighted by molar-refractivity contribution is -0.117. The van der Waals surface area contributed by atoms with Crippen LogP contribution in [0.3, 0.4) is 0 Å². The van der Waals surface area contributed by atoms with Crippen LogP contribution in [0.2, 0.25) is 0 Å². The zero-order valence-corrected chi connectivity index (χ0v) is 14.4. The molecule has 0 aromatic heterocycles. The van der Waals surface area contributed by atoms with Gasteiger partial charge in [-0.05, 0) is 43.0 Å². The molecule has 6 nitrogen and oxygen atoms in total. The maximum absolute atomic E-state index is 12.0. The lowest BCUT2D eigenvalue weighted by Gasteiger charge is -2.15. The zero-order valence-electron chi connectivity index (χ0n) is 13.6. The Morgan fingerprint density at radius 1 is 1.17 bits per heavy atom. The van der Waals surface area contributed by atoms with Crippen LogP contribution in [0.15, 0.2) is 36.9 Å². The fraction of sp³-hybridized carbons (Fsp3) is 0.412. The first-order valence-electron chi connectivity index (χ1n) is 7.89. The molecule has 1 aromatic rings. The van der Waals surface area contributed by atoms with Crippen molar-refractivity contribution in [3.05, 3.63) is 36.9 Å². The van der Waals surface area contributed by atoms with Gasteiger partial charge in [-0.2, -0.15) is 0 Å². The molecule has 2 atom stereocenters. The SMILES string of the molecule is C=CCNC(=O)Nc1ccc(NC(=O)C[C@@H]2CCC[C@H]2N)cc1.Cl. The molecule has 0 radical (unpaired) electrons. The third-order valence-corrected chi connectivity index (χ3v) is 4.00. The van der Waals surface area contributed by atoms with Gasteiger partial charge in [0.05, 0.1) is 0 Å². The Morgan fingerprint density at radius 3 is 2.33 bits per heavy atom. The molecule has 0 saturated heterocycles. The van der Waals surface area contributed by atoms with E-state index < -0.39 is 0 Å². The van der Waals surface area contributed by atoms with Gasteiger partial charge in [0.1, 0.15) is 0 Å². The summed E-state index contributed by atoms with van der Waals surface area (Å²) in [7, 11) is 0. The van der Waals surface area contributed by atoms with E-state index in [1.165, 1.54) is 0 Å². The number of hydrogen-bond acceptors (Lipinski definition) is 3. The van der Waals surface area contributed by atoms with Gasteiger partial charge in [-0.3, -0.25) is 4.79 Å². The van der Waals surface area contributed by atoms with Crippen LogP contribution in [0.5, 0.6) is 0 Å². The monoisotopic (exact) mass is 352 g/mol. The van der Waals surface area contributed by atoms with Crippen molar-refractivity contribution in [1.82, 2.24) is 5.32 Å². The largest absolute Gasteiger partial charge is 0.334 e. The molecule has 1 aliphatic carbocycles. The van der Waals surface area contributed by atoms with Crippen molar-refractivity contribution in [1.29, 1.82) is 0 Å². The predicted octanol–water partition coefficient (Wildman–Crippen LogP) is 2.87. The number of carbonyl (C=O) groups is 2. The number of nitrogens with two attached hydrogens (primary N) is 1. The highest BCUT2D eigenvalue weighted by molar-refractivity contribution is 5.92. The molecule has 7 heteroatoms. The van der Waals surface area contributed by atoms with E-state index in [0.29, 0.717) is 24.3 Å². The summed E-state index contributed by atoms with van der Waals surface area (Å²) in [5.41, 5.74) is 7.35. The number of nitrogens with one attached hydrogen (secondary N) is 3. The lowest BCUT2D eigenvalue weighted by Crippen LogP contribution is -2.28. The zero-order chi connectivity index (χ0) is 16.7. The summed E-state index contributed by atoms with van der Waals surface area (Å²) in [6.07, 6.45) is 5.20. The second-order valence-electron chi connectivity index (χ2n) is 5.81. The number of urea groups is 1. The summed E-state index contributed by atoms with van der Waals surface area (Å²) in [5, 5.41) is 8.19. The van der Waals surface area contributed by atoms with E-state index in [9.17, 15) is 9.59 Å². The minimum absolute atomic E-state index is 0. The highest BCUT2D eigenvalue weighted by Crippen LogP contribution is 2.27. The van der Waals surface area contributed by atoms with Gasteiger partial charge in [0.15, 0.2) is 0 Å². The molecule has 0 aliphatic heterocycles. The maximum Gasteiger partial charge on any atom is 0.319 e. The molecule has 132 valence electrons. The van der Waals surface area contributed by atoms with Crippen LogP contribution >= 0.6 is 12.4 Å². The van der Waals surface area contributed by atoms with Crippen LogP contribution < -0.4 is 21.7 Å². The second kappa shape index (κ2) is 9.95. The van der Waals surface area contributed by atoms with Crippen molar-refractivity contribution in [3.63, 3.8) is 0 Å². The number of hydrogen-bond donors (Lipinski definition) is 4. The highest BCUT2D eigenvalue weighted by atomic mass is 35.5. The molecule has 1 aliphatic rings. The Bertz CT molecular complexity index is 562. The predicted molar refractivity (Wildman–Crippen MR) is 99.5 cm³/mol. The van der Waals surface area contributed by atoms with Crippen molar-refractivity contribution in [2.75, 3.05) is 17.2 Å². The number of halogens is 1. The molecule has 0 heterocycles. The molecule has 1 fully saturated rings. The molecule has 24 heavy (non-hydrogen) atoms. The number of rotatable bonds is 6. The van der Waals surface area contributed by atoms with Crippen LogP contribution in [0.4, 0.5) is 16.2 Å². The van der Waals surface area contributed by atoms with Crippen LogP contribution in [0, 0.1) is 5.92 Å². The van der Waals surface area contributed by atoms with Crippen molar-refractivity contribution < 1.29 is 9.59 Å². The van der Waals surface area contributed by atoms with Gasteiger partial charge in [-0.25, -0.2) is 4.79 Å². The summed E-state index contributed by atoms with van der Waals surface area (Å²) in [6, 6.07) is 6.85. The summed E-state index contributed by atoms with van der Waals surface area (Å²) >= 11 is 0. The molecule has 0 spiro atoms. The van der Waals surface area contributed by atoms with Gasteiger partial charge >= 0.3 is 6.03 Å². The fourth-order valence-electron chi connectivity index (χ4n) is 2.75. The standard InChI is InChI=1S/C17H24N4O2.ClH/c1-2-10-19-17(23)21-14-8-6-13(7-9-14)20-16(22)11-12-4-3-5-15(12)18;/h2,6-9,12,15H,1,3-5,10-11,18H2,(H,20,22)(H2,19,21,23);1H/t12-,15+;/m0./s1. The normalized spacial score (nSPS) is 19.0. The van der Waals surface area contributed by atoms with Gasteiger partial charge < -0.3 is 21.7 Å². The Labute approximate surface area is 148 Å². The first-order valence-corrected chi connectivity index (χ1v) is 7.89. The van der Waals surface area contributed by atoms with Gasteiger partial charge in [0, 0.05) is 30.4 Å². The average molecular weight is 353 g/mol. The number of benzene rings is 1. The van der Waals surface area contributed by atoms with Crippen molar-refractivity contribution >= 4 is 35.7 Å². The fourth-order valence-corrected chi connectivity index (χ4v) is 2.75. The van der Waals surface area contributed by atoms with E-state index in [1.807, 2.05) is 0 Å². The Morgan fingerprint density at radius 2 is 1.79 bits per heavy atom. The molecular formula is C17H25ClN4O2. The number of amides is 3. The summed E-state index contributed by atoms with van der Waals surface area (Å²) in [4.78, 5) is 23.5. The van der Waals surface area contributed by atoms with Gasteiger partial charge in [-0.15, -0.1) is 19.0 Å². The highest BCUT2D eigenvalue weighted by Gasteiger charge is 2.25. The molecule has 3 amide bonds. The topological polar surface area (TPSA) is 96.2 Å². The second-order valence-corrected chi connectivity index (χ2v) is 5.81. The lowest BCUT2D eigenvalue weighted by atomic mass is 10.00. The van der Waals surface area contributed by atoms with Crippen molar-refractivity contribution in [2.24, 2.45) is 11.7 Å². The van der Waals surface area contributed by atoms with Crippen LogP contribution in [0.25, 0.3) is 0 Å². The average Bonchev–Trinajstić information content (AvgIpc) is 2.92. The first-order chi connectivity index (χ1) is 11.1. The quantitative estimate of drug-likeness (QED) is 0.593. The first kappa shape index (κ1) is 20.0. The van der Waals surface area contributed by atoms with E-state index in [2.05, 4.69) is 22.5 Å². The van der Waals surface area contributed by atoms with Crippen LogP contribution in [-0.2, 0) is 4.79 Å². The van der Waals surface area contributed by atoms with E-state index >= 15 is 0 Å². The molecule has 0 bridgehead atoms. The van der Waals surface area contributed by atoms with E-state index in [0.717, 1.165) is 19.3 Å². The third-order valence-electron chi connectivity index (χ3n) is 4.00. The van der Waals surface area contributed by atoms with Crippen molar-refractivity contribution in [3.8, 4) is 0 Å². The minimum atomic E-state index is -0.295. The minimum Gasteiger partial charge on any atom is -0.334 e. The molecule has 1 saturated carbocycles. The maximum atomic E-state index is 12.0. The van der Waals surface area contributed by atoms with Gasteiger partial charge in [0.25, 0.3) is 0 Å². The van der Waals surface area contributed by atoms with Crippen LogP contribution in [-0.4, -0.2) is 24.5 Å². The van der Waals surface area contributed by atoms with Crippen molar-refractivity contribution in [2.45, 2.75) is 31.7 Å².